The molecule has 0 unspecified atom stereocenters. The van der Waals surface area contributed by atoms with Gasteiger partial charge >= 0.3 is 0 Å². The third-order valence-electron chi connectivity index (χ3n) is 3.55. The van der Waals surface area contributed by atoms with E-state index in [0.29, 0.717) is 0 Å². The Morgan fingerprint density at radius 1 is 0.818 bits per heavy atom. The molecule has 0 saturated carbocycles. The van der Waals surface area contributed by atoms with Gasteiger partial charge in [0, 0.05) is 12.3 Å². The van der Waals surface area contributed by atoms with Crippen molar-refractivity contribution in [3.63, 3.8) is 0 Å². The van der Waals surface area contributed by atoms with Gasteiger partial charge in [-0.1, -0.05) is 50.7 Å². The number of aliphatic imine (C=N–C) groups is 1. The van der Waals surface area contributed by atoms with Crippen LogP contribution in [0.3, 0.4) is 0 Å². The van der Waals surface area contributed by atoms with Crippen LogP contribution in [0.25, 0.3) is 0 Å². The summed E-state index contributed by atoms with van der Waals surface area (Å²) in [4.78, 5) is 3.92. The number of hydrogen-bond donors (Lipinski definition) is 0. The molecule has 0 atom stereocenters. The van der Waals surface area contributed by atoms with Crippen molar-refractivity contribution >= 4 is 29.1 Å². The van der Waals surface area contributed by atoms with Crippen molar-refractivity contribution in [2.45, 2.75) is 77.0 Å². The molecular formula is C18H30N2S2. The molecule has 0 aliphatic carbocycles. The molecule has 0 fully saturated rings. The van der Waals surface area contributed by atoms with Gasteiger partial charge in [-0.15, -0.1) is 0 Å². The van der Waals surface area contributed by atoms with Gasteiger partial charge in [0.25, 0.3) is 0 Å². The Bertz CT molecular complexity index is 341. The maximum Gasteiger partial charge on any atom is 0.133 e. The van der Waals surface area contributed by atoms with E-state index in [0.717, 1.165) is 18.7 Å². The first-order chi connectivity index (χ1) is 10.9. The molecule has 22 heavy (non-hydrogen) atoms. The van der Waals surface area contributed by atoms with Gasteiger partial charge in [0.15, 0.2) is 0 Å². The highest BCUT2D eigenvalue weighted by atomic mass is 32.2. The smallest absolute Gasteiger partial charge is 0.133 e. The Labute approximate surface area is 146 Å². The Morgan fingerprint density at radius 2 is 1.36 bits per heavy atom. The zero-order valence-electron chi connectivity index (χ0n) is 13.8. The summed E-state index contributed by atoms with van der Waals surface area (Å²) in [7, 11) is 0. The second-order valence-corrected chi connectivity index (χ2v) is 6.56. The van der Waals surface area contributed by atoms with E-state index in [4.69, 9.17) is 5.26 Å². The highest BCUT2D eigenvalue weighted by Gasteiger charge is 1.91. The summed E-state index contributed by atoms with van der Waals surface area (Å²) in [6.45, 7) is 0.848. The summed E-state index contributed by atoms with van der Waals surface area (Å²) in [5, 5.41) is 12.9. The topological polar surface area (TPSA) is 36.1 Å². The Balaban J connectivity index is 3.09. The summed E-state index contributed by atoms with van der Waals surface area (Å²) >= 11 is 5.91. The molecule has 0 saturated heterocycles. The summed E-state index contributed by atoms with van der Waals surface area (Å²) in [6.07, 6.45) is 19.9. The summed E-state index contributed by atoms with van der Waals surface area (Å²) in [5.41, 5.74) is 0. The average molecular weight is 339 g/mol. The van der Waals surface area contributed by atoms with Gasteiger partial charge in [-0.05, 0) is 62.5 Å². The first kappa shape index (κ1) is 21.4. The fraction of sp³-hybridized carbons (Fsp3) is 0.778. The molecule has 0 aliphatic heterocycles. The average Bonchev–Trinajstić information content (AvgIpc) is 2.54. The zero-order valence-corrected chi connectivity index (χ0v) is 15.4. The number of rotatable bonds is 16. The largest absolute Gasteiger partial charge is 0.233 e. The van der Waals surface area contributed by atoms with Crippen LogP contribution < -0.4 is 0 Å². The van der Waals surface area contributed by atoms with Crippen LogP contribution in [-0.4, -0.2) is 17.5 Å². The lowest BCUT2D eigenvalue weighted by Crippen LogP contribution is -1.82. The van der Waals surface area contributed by atoms with Crippen molar-refractivity contribution < 1.29 is 0 Å². The Hall–Kier alpha value is -0.620. The van der Waals surface area contributed by atoms with Crippen LogP contribution >= 0.6 is 24.0 Å². The molecule has 0 bridgehead atoms. The van der Waals surface area contributed by atoms with Crippen molar-refractivity contribution in [2.75, 3.05) is 12.3 Å². The standard InChI is InChI=1S/C18H30N2S2/c19-17-22-16-14-12-10-8-6-4-2-1-3-5-7-9-11-13-15-20-18-21/h1-2H,3-16H2/b2-1+. The maximum absolute atomic E-state index is 8.40. The first-order valence-corrected chi connectivity index (χ1v) is 10.0. The van der Waals surface area contributed by atoms with Crippen molar-refractivity contribution in [3.05, 3.63) is 12.2 Å². The van der Waals surface area contributed by atoms with E-state index in [9.17, 15) is 0 Å². The third kappa shape index (κ3) is 19.4. The van der Waals surface area contributed by atoms with E-state index >= 15 is 0 Å². The highest BCUT2D eigenvalue weighted by molar-refractivity contribution is 8.03. The molecule has 124 valence electrons. The molecule has 0 aromatic heterocycles. The number of nitrogens with zero attached hydrogens (tertiary/aromatic N) is 2. The van der Waals surface area contributed by atoms with Crippen molar-refractivity contribution in [1.29, 1.82) is 5.26 Å². The molecular weight excluding hydrogens is 308 g/mol. The normalized spacial score (nSPS) is 10.5. The predicted molar refractivity (Wildman–Crippen MR) is 103 cm³/mol. The number of thiocarbonyl (C=S) groups is 1. The molecule has 4 heteroatoms. The number of hydrogen-bond acceptors (Lipinski definition) is 4. The van der Waals surface area contributed by atoms with Gasteiger partial charge in [0.05, 0.1) is 5.16 Å². The highest BCUT2D eigenvalue weighted by Crippen LogP contribution is 2.10. The van der Waals surface area contributed by atoms with Crippen LogP contribution in [0.15, 0.2) is 17.1 Å². The lowest BCUT2D eigenvalue weighted by atomic mass is 10.1. The molecule has 0 amide bonds. The van der Waals surface area contributed by atoms with Gasteiger partial charge < -0.3 is 0 Å². The second-order valence-electron chi connectivity index (χ2n) is 5.50. The van der Waals surface area contributed by atoms with Gasteiger partial charge in [-0.2, -0.15) is 5.26 Å². The minimum Gasteiger partial charge on any atom is -0.233 e. The summed E-state index contributed by atoms with van der Waals surface area (Å²) in [6, 6.07) is 0. The quantitative estimate of drug-likeness (QED) is 0.105. The predicted octanol–water partition coefficient (Wildman–Crippen LogP) is 6.54. The minimum atomic E-state index is 0.848. The number of thiocyanates is 1. The lowest BCUT2D eigenvalue weighted by Gasteiger charge is -1.99. The van der Waals surface area contributed by atoms with E-state index in [1.54, 1.807) is 0 Å². The molecule has 0 N–H and O–H groups in total. The molecule has 0 heterocycles. The van der Waals surface area contributed by atoms with Gasteiger partial charge in [0.2, 0.25) is 0 Å². The third-order valence-corrected chi connectivity index (χ3v) is 4.30. The SMILES string of the molecule is N#CSCCCCCCC/C=C/CCCCCCCN=C=S. The summed E-state index contributed by atoms with van der Waals surface area (Å²) in [5.74, 6) is 0.996. The van der Waals surface area contributed by atoms with Gasteiger partial charge in [-0.3, -0.25) is 0 Å². The summed E-state index contributed by atoms with van der Waals surface area (Å²) < 4.78 is 0. The van der Waals surface area contributed by atoms with Crippen molar-refractivity contribution in [3.8, 4) is 5.40 Å². The molecule has 0 aliphatic rings. The van der Waals surface area contributed by atoms with Crippen LogP contribution in [0.5, 0.6) is 0 Å². The van der Waals surface area contributed by atoms with E-state index in [2.05, 4.69) is 39.9 Å². The maximum atomic E-state index is 8.40. The zero-order chi connectivity index (χ0) is 16.1. The van der Waals surface area contributed by atoms with Crippen LogP contribution in [0, 0.1) is 10.7 Å². The van der Waals surface area contributed by atoms with E-state index in [1.807, 2.05) is 0 Å². The molecule has 0 aromatic carbocycles. The second kappa shape index (κ2) is 20.4. The van der Waals surface area contributed by atoms with Crippen LogP contribution in [0.1, 0.15) is 77.0 Å². The number of thioether (sulfide) groups is 1. The fourth-order valence-corrected chi connectivity index (χ4v) is 2.81. The van der Waals surface area contributed by atoms with E-state index in [-0.39, 0.29) is 0 Å². The number of allylic oxidation sites excluding steroid dienone is 2. The fourth-order valence-electron chi connectivity index (χ4n) is 2.28. The molecule has 0 radical (unpaired) electrons. The number of isothiocyanates is 1. The van der Waals surface area contributed by atoms with E-state index < -0.39 is 0 Å². The van der Waals surface area contributed by atoms with Crippen molar-refractivity contribution in [2.24, 2.45) is 4.99 Å². The number of nitriles is 1. The first-order valence-electron chi connectivity index (χ1n) is 8.61. The van der Waals surface area contributed by atoms with Crippen LogP contribution in [0.4, 0.5) is 0 Å². The minimum absolute atomic E-state index is 0.848. The van der Waals surface area contributed by atoms with E-state index in [1.165, 1.54) is 82.4 Å². The van der Waals surface area contributed by atoms with Gasteiger partial charge in [0.1, 0.15) is 5.40 Å². The van der Waals surface area contributed by atoms with Gasteiger partial charge in [-0.25, -0.2) is 4.99 Å². The Morgan fingerprint density at radius 3 is 1.95 bits per heavy atom. The number of unbranched alkanes of at least 4 members (excludes halogenated alkanes) is 10. The van der Waals surface area contributed by atoms with Crippen molar-refractivity contribution in [1.82, 2.24) is 0 Å². The lowest BCUT2D eigenvalue weighted by molar-refractivity contribution is 0.621. The Kier molecular flexibility index (Phi) is 19.8. The monoisotopic (exact) mass is 338 g/mol. The molecule has 0 rings (SSSR count). The van der Waals surface area contributed by atoms with Crippen LogP contribution in [0.2, 0.25) is 0 Å². The molecule has 0 spiro atoms. The molecule has 2 nitrogen and oxygen atoms in total. The van der Waals surface area contributed by atoms with Crippen LogP contribution in [-0.2, 0) is 0 Å². The molecule has 0 aromatic rings.